The van der Waals surface area contributed by atoms with Crippen LogP contribution in [0.1, 0.15) is 54.9 Å². The molecule has 0 fully saturated rings. The summed E-state index contributed by atoms with van der Waals surface area (Å²) in [6, 6.07) is 0.592. The van der Waals surface area contributed by atoms with Crippen molar-refractivity contribution < 1.29 is 4.79 Å². The van der Waals surface area contributed by atoms with Crippen LogP contribution in [0.2, 0.25) is 0 Å². The molecule has 0 aliphatic carbocycles. The quantitative estimate of drug-likeness (QED) is 0.684. The molecular formula is C12H25NO. The minimum absolute atomic E-state index is 0.0825. The standard InChI is InChI=1S/C12H25NO/c1-9(2)13(10(3)4)11(14)8-12(5,6)7/h9-10H,8H2,1-7H3. The summed E-state index contributed by atoms with van der Waals surface area (Å²) in [5.74, 6) is 0.266. The Labute approximate surface area is 88.7 Å². The van der Waals surface area contributed by atoms with Gasteiger partial charge >= 0.3 is 0 Å². The van der Waals surface area contributed by atoms with Crippen molar-refractivity contribution in [2.75, 3.05) is 0 Å². The summed E-state index contributed by atoms with van der Waals surface area (Å²) in [5, 5.41) is 0. The molecule has 2 heteroatoms. The van der Waals surface area contributed by atoms with Crippen LogP contribution in [0.3, 0.4) is 0 Å². The third-order valence-electron chi connectivity index (χ3n) is 2.08. The van der Waals surface area contributed by atoms with Gasteiger partial charge in [-0.2, -0.15) is 0 Å². The van der Waals surface area contributed by atoms with E-state index in [9.17, 15) is 4.79 Å². The second kappa shape index (κ2) is 4.81. The SMILES string of the molecule is CC(C)N(C(=O)CC(C)(C)C)C(C)C. The third-order valence-corrected chi connectivity index (χ3v) is 2.08. The maximum absolute atomic E-state index is 12.0. The van der Waals surface area contributed by atoms with Crippen LogP contribution in [-0.4, -0.2) is 22.9 Å². The molecule has 0 atom stereocenters. The molecule has 0 unspecified atom stereocenters. The lowest BCUT2D eigenvalue weighted by molar-refractivity contribution is -0.136. The highest BCUT2D eigenvalue weighted by Gasteiger charge is 2.24. The fraction of sp³-hybridized carbons (Fsp3) is 0.917. The van der Waals surface area contributed by atoms with Gasteiger partial charge in [0, 0.05) is 18.5 Å². The van der Waals surface area contributed by atoms with Crippen LogP contribution in [0, 0.1) is 5.41 Å². The third kappa shape index (κ3) is 4.64. The van der Waals surface area contributed by atoms with Gasteiger partial charge in [-0.3, -0.25) is 4.79 Å². The zero-order valence-corrected chi connectivity index (χ0v) is 10.7. The van der Waals surface area contributed by atoms with E-state index in [4.69, 9.17) is 0 Å². The van der Waals surface area contributed by atoms with E-state index in [0.29, 0.717) is 18.5 Å². The summed E-state index contributed by atoms with van der Waals surface area (Å²) in [6.45, 7) is 14.6. The minimum atomic E-state index is 0.0825. The molecule has 0 saturated carbocycles. The minimum Gasteiger partial charge on any atom is -0.338 e. The maximum Gasteiger partial charge on any atom is 0.223 e. The van der Waals surface area contributed by atoms with Crippen LogP contribution in [-0.2, 0) is 4.79 Å². The van der Waals surface area contributed by atoms with Crippen molar-refractivity contribution in [1.82, 2.24) is 4.90 Å². The Kier molecular flexibility index (Phi) is 4.63. The van der Waals surface area contributed by atoms with E-state index in [-0.39, 0.29) is 11.3 Å². The van der Waals surface area contributed by atoms with Gasteiger partial charge in [-0.15, -0.1) is 0 Å². The van der Waals surface area contributed by atoms with Crippen LogP contribution in [0.5, 0.6) is 0 Å². The van der Waals surface area contributed by atoms with E-state index in [2.05, 4.69) is 48.5 Å². The predicted octanol–water partition coefficient (Wildman–Crippen LogP) is 3.07. The van der Waals surface area contributed by atoms with E-state index in [1.165, 1.54) is 0 Å². The van der Waals surface area contributed by atoms with Gasteiger partial charge in [0.2, 0.25) is 5.91 Å². The van der Waals surface area contributed by atoms with Crippen molar-refractivity contribution in [1.29, 1.82) is 0 Å². The first kappa shape index (κ1) is 13.5. The average molecular weight is 199 g/mol. The Balaban J connectivity index is 4.47. The van der Waals surface area contributed by atoms with E-state index in [1.54, 1.807) is 0 Å². The molecule has 1 amide bonds. The van der Waals surface area contributed by atoms with Crippen molar-refractivity contribution in [3.8, 4) is 0 Å². The molecule has 0 N–H and O–H groups in total. The lowest BCUT2D eigenvalue weighted by atomic mass is 9.91. The molecule has 0 heterocycles. The summed E-state index contributed by atoms with van der Waals surface area (Å²) in [4.78, 5) is 13.9. The molecule has 0 aliphatic heterocycles. The molecule has 0 aromatic rings. The average Bonchev–Trinajstić information content (AvgIpc) is 1.78. The number of rotatable bonds is 3. The van der Waals surface area contributed by atoms with E-state index in [0.717, 1.165) is 0 Å². The van der Waals surface area contributed by atoms with Crippen molar-refractivity contribution in [3.63, 3.8) is 0 Å². The highest BCUT2D eigenvalue weighted by Crippen LogP contribution is 2.21. The van der Waals surface area contributed by atoms with E-state index >= 15 is 0 Å². The Bertz CT molecular complexity index is 181. The molecule has 2 nitrogen and oxygen atoms in total. The van der Waals surface area contributed by atoms with Crippen LogP contribution >= 0.6 is 0 Å². The fourth-order valence-electron chi connectivity index (χ4n) is 1.72. The Morgan fingerprint density at radius 3 is 1.64 bits per heavy atom. The van der Waals surface area contributed by atoms with Gasteiger partial charge in [0.1, 0.15) is 0 Å². The van der Waals surface area contributed by atoms with Gasteiger partial charge in [-0.1, -0.05) is 20.8 Å². The fourth-order valence-corrected chi connectivity index (χ4v) is 1.72. The topological polar surface area (TPSA) is 20.3 Å². The molecule has 0 aromatic carbocycles. The molecular weight excluding hydrogens is 174 g/mol. The second-order valence-corrected chi connectivity index (χ2v) is 5.73. The normalized spacial score (nSPS) is 12.4. The molecule has 84 valence electrons. The van der Waals surface area contributed by atoms with Crippen LogP contribution in [0.25, 0.3) is 0 Å². The number of carbonyl (C=O) groups is 1. The lowest BCUT2D eigenvalue weighted by Gasteiger charge is -2.33. The molecule has 0 saturated heterocycles. The molecule has 0 radical (unpaired) electrons. The number of carbonyl (C=O) groups excluding carboxylic acids is 1. The van der Waals surface area contributed by atoms with Gasteiger partial charge in [-0.05, 0) is 33.1 Å². The largest absolute Gasteiger partial charge is 0.338 e. The molecule has 0 bridgehead atoms. The summed E-state index contributed by atoms with van der Waals surface area (Å²) >= 11 is 0. The van der Waals surface area contributed by atoms with Crippen LogP contribution in [0.4, 0.5) is 0 Å². The van der Waals surface area contributed by atoms with E-state index < -0.39 is 0 Å². The summed E-state index contributed by atoms with van der Waals surface area (Å²) in [5.41, 5.74) is 0.0825. The molecule has 0 spiro atoms. The number of amides is 1. The zero-order valence-electron chi connectivity index (χ0n) is 10.7. The Morgan fingerprint density at radius 2 is 1.43 bits per heavy atom. The molecule has 0 aliphatic rings. The van der Waals surface area contributed by atoms with Gasteiger partial charge in [-0.25, -0.2) is 0 Å². The van der Waals surface area contributed by atoms with Gasteiger partial charge in [0.25, 0.3) is 0 Å². The second-order valence-electron chi connectivity index (χ2n) is 5.73. The Morgan fingerprint density at radius 1 is 1.07 bits per heavy atom. The van der Waals surface area contributed by atoms with Gasteiger partial charge < -0.3 is 4.90 Å². The zero-order chi connectivity index (χ0) is 11.5. The highest BCUT2D eigenvalue weighted by atomic mass is 16.2. The number of hydrogen-bond acceptors (Lipinski definition) is 1. The molecule has 0 aromatic heterocycles. The van der Waals surface area contributed by atoms with Crippen LogP contribution < -0.4 is 0 Å². The first-order valence-corrected chi connectivity index (χ1v) is 5.46. The van der Waals surface area contributed by atoms with Gasteiger partial charge in [0.05, 0.1) is 0 Å². The monoisotopic (exact) mass is 199 g/mol. The number of hydrogen-bond donors (Lipinski definition) is 0. The van der Waals surface area contributed by atoms with Crippen molar-refractivity contribution >= 4 is 5.91 Å². The van der Waals surface area contributed by atoms with Gasteiger partial charge in [0.15, 0.2) is 0 Å². The first-order valence-electron chi connectivity index (χ1n) is 5.46. The first-order chi connectivity index (χ1) is 6.15. The number of nitrogens with zero attached hydrogens (tertiary/aromatic N) is 1. The summed E-state index contributed by atoms with van der Waals surface area (Å²) < 4.78 is 0. The van der Waals surface area contributed by atoms with E-state index in [1.807, 2.05) is 4.90 Å². The van der Waals surface area contributed by atoms with Crippen molar-refractivity contribution in [2.24, 2.45) is 5.41 Å². The predicted molar refractivity (Wildman–Crippen MR) is 61.2 cm³/mol. The highest BCUT2D eigenvalue weighted by molar-refractivity contribution is 5.77. The molecule has 14 heavy (non-hydrogen) atoms. The van der Waals surface area contributed by atoms with Crippen molar-refractivity contribution in [2.45, 2.75) is 67.0 Å². The lowest BCUT2D eigenvalue weighted by Crippen LogP contribution is -2.43. The maximum atomic E-state index is 12.0. The van der Waals surface area contributed by atoms with Crippen LogP contribution in [0.15, 0.2) is 0 Å². The summed E-state index contributed by atoms with van der Waals surface area (Å²) in [6.07, 6.45) is 0.628. The Hall–Kier alpha value is -0.530. The molecule has 0 rings (SSSR count). The van der Waals surface area contributed by atoms with Crippen molar-refractivity contribution in [3.05, 3.63) is 0 Å². The summed E-state index contributed by atoms with van der Waals surface area (Å²) in [7, 11) is 0. The smallest absolute Gasteiger partial charge is 0.223 e.